The van der Waals surface area contributed by atoms with E-state index >= 15 is 0 Å². The molecule has 248 valence electrons. The van der Waals surface area contributed by atoms with Crippen LogP contribution in [0.3, 0.4) is 0 Å². The molecule has 2 aromatic heterocycles. The molecule has 0 fully saturated rings. The zero-order valence-corrected chi connectivity index (χ0v) is 31.2. The van der Waals surface area contributed by atoms with E-state index in [2.05, 4.69) is 191 Å². The molecular weight excluding hydrogens is 697 g/mol. The lowest BCUT2D eigenvalue weighted by atomic mass is 10.1. The first kappa shape index (κ1) is 29.8. The number of hydrogen-bond acceptors (Lipinski definition) is 2. The highest BCUT2D eigenvalue weighted by Gasteiger charge is 2.52. The number of rotatable bonds is 3. The van der Waals surface area contributed by atoms with Crippen molar-refractivity contribution in [2.45, 2.75) is 19.6 Å². The van der Waals surface area contributed by atoms with Crippen molar-refractivity contribution in [3.63, 3.8) is 0 Å². The zero-order chi connectivity index (χ0) is 34.7. The summed E-state index contributed by atoms with van der Waals surface area (Å²) in [5.74, 6) is 0. The van der Waals surface area contributed by atoms with Gasteiger partial charge in [0.2, 0.25) is 0 Å². The lowest BCUT2D eigenvalue weighted by Crippen LogP contribution is -2.78. The first-order chi connectivity index (χ1) is 26.3. The van der Waals surface area contributed by atoms with E-state index in [1.54, 1.807) is 0 Å². The summed E-state index contributed by atoms with van der Waals surface area (Å²) in [5.41, 5.74) is 7.37. The minimum Gasteiger partial charge on any atom is -0.309 e. The van der Waals surface area contributed by atoms with Gasteiger partial charge in [0.1, 0.15) is 0 Å². The lowest BCUT2D eigenvalue weighted by molar-refractivity contribution is 1.14. The topological polar surface area (TPSA) is 9.86 Å². The fourth-order valence-electron chi connectivity index (χ4n) is 9.34. The molecule has 0 unspecified atom stereocenters. The maximum atomic E-state index is 2.57. The summed E-state index contributed by atoms with van der Waals surface area (Å²) in [6, 6.07) is 68.4. The summed E-state index contributed by atoms with van der Waals surface area (Å²) in [6.45, 7) is 0. The van der Waals surface area contributed by atoms with E-state index in [9.17, 15) is 0 Å². The molecule has 0 bridgehead atoms. The second-order valence-corrected chi connectivity index (χ2v) is 19.9. The fourth-order valence-corrected chi connectivity index (χ4v) is 18.7. The molecule has 12 rings (SSSR count). The molecule has 53 heavy (non-hydrogen) atoms. The molecule has 2 aliphatic heterocycles. The van der Waals surface area contributed by atoms with Gasteiger partial charge in [0, 0.05) is 52.5 Å². The summed E-state index contributed by atoms with van der Waals surface area (Å²) in [7, 11) is -2.80. The van der Waals surface area contributed by atoms with Gasteiger partial charge >= 0.3 is 0 Å². The summed E-state index contributed by atoms with van der Waals surface area (Å²) in [5, 5.41) is 11.1. The molecule has 0 amide bonds. The average molecular weight is 727 g/mol. The Balaban J connectivity index is 1.20. The van der Waals surface area contributed by atoms with Crippen molar-refractivity contribution < 1.29 is 0 Å². The third-order valence-electron chi connectivity index (χ3n) is 11.4. The predicted molar refractivity (Wildman–Crippen MR) is 227 cm³/mol. The number of fused-ring (bicyclic) bond motifs is 10. The van der Waals surface area contributed by atoms with Crippen LogP contribution in [0.1, 0.15) is 0 Å². The minimum absolute atomic E-state index is 1.19. The van der Waals surface area contributed by atoms with Crippen molar-refractivity contribution in [3.05, 3.63) is 182 Å². The highest BCUT2D eigenvalue weighted by atomic mass is 32.2. The number of hydrogen-bond donors (Lipinski definition) is 0. The SMILES string of the molecule is c1ccc(-n2c3ccccc3c3cc([Si]45c6ccccc6Sc6cc(-n7c8ccccc8c8ccccc87)cc(c64)Sc4ccccc45)ccc32)cc1. The van der Waals surface area contributed by atoms with E-state index in [1.807, 2.05) is 23.5 Å². The molecule has 2 nitrogen and oxygen atoms in total. The zero-order valence-electron chi connectivity index (χ0n) is 28.5. The summed E-state index contributed by atoms with van der Waals surface area (Å²) in [4.78, 5) is 5.48. The molecule has 0 atom stereocenters. The van der Waals surface area contributed by atoms with Crippen LogP contribution in [0.15, 0.2) is 202 Å². The first-order valence-corrected chi connectivity index (χ1v) is 21.7. The van der Waals surface area contributed by atoms with Crippen LogP contribution in [0.4, 0.5) is 0 Å². The average Bonchev–Trinajstić information content (AvgIpc) is 3.73. The Hall–Kier alpha value is -5.72. The van der Waals surface area contributed by atoms with E-state index in [0.717, 1.165) is 0 Å². The summed E-state index contributed by atoms with van der Waals surface area (Å²) in [6.07, 6.45) is 0. The maximum Gasteiger partial charge on any atom is 0.184 e. The molecule has 8 aromatic carbocycles. The van der Waals surface area contributed by atoms with Crippen molar-refractivity contribution in [2.75, 3.05) is 0 Å². The van der Waals surface area contributed by atoms with Crippen molar-refractivity contribution in [3.8, 4) is 11.4 Å². The number of benzene rings is 8. The van der Waals surface area contributed by atoms with Crippen LogP contribution in [-0.4, -0.2) is 17.2 Å². The van der Waals surface area contributed by atoms with Gasteiger partial charge in [-0.15, -0.1) is 0 Å². The van der Waals surface area contributed by atoms with Gasteiger partial charge < -0.3 is 9.13 Å². The van der Waals surface area contributed by atoms with Crippen molar-refractivity contribution in [1.29, 1.82) is 0 Å². The second kappa shape index (κ2) is 11.1. The smallest absolute Gasteiger partial charge is 0.184 e. The van der Waals surface area contributed by atoms with Gasteiger partial charge in [-0.2, -0.15) is 0 Å². The molecule has 0 spiro atoms. The van der Waals surface area contributed by atoms with Crippen molar-refractivity contribution in [1.82, 2.24) is 9.13 Å². The molecule has 0 radical (unpaired) electrons. The van der Waals surface area contributed by atoms with Gasteiger partial charge in [-0.1, -0.05) is 145 Å². The van der Waals surface area contributed by atoms with Crippen LogP contribution in [0.25, 0.3) is 55.0 Å². The lowest BCUT2D eigenvalue weighted by Gasteiger charge is -2.44. The standard InChI is InChI=1S/C48H30N2S2Si/c1-2-14-31(15-3-1)49-40-21-9-6-18-36(40)37-30-33(26-27-41(37)49)53-46-24-12-10-22-42(46)51-44-28-32(29-45(48(44)53)52-43-23-11-13-25-47(43)53)50-38-19-7-4-16-34(38)35-17-5-8-20-39(35)50/h1-30H. The van der Waals surface area contributed by atoms with Crippen LogP contribution in [0.2, 0.25) is 0 Å². The highest BCUT2D eigenvalue weighted by Crippen LogP contribution is 2.44. The Labute approximate surface area is 316 Å². The van der Waals surface area contributed by atoms with Crippen LogP contribution in [0, 0.1) is 0 Å². The van der Waals surface area contributed by atoms with Crippen LogP contribution in [0.5, 0.6) is 0 Å². The molecule has 0 saturated heterocycles. The van der Waals surface area contributed by atoms with Gasteiger partial charge in [0.05, 0.1) is 22.1 Å². The molecule has 0 aliphatic carbocycles. The molecule has 0 saturated carbocycles. The number of para-hydroxylation sites is 4. The van der Waals surface area contributed by atoms with Gasteiger partial charge in [0.15, 0.2) is 8.07 Å². The molecular formula is C48H30N2S2Si. The molecule has 0 N–H and O–H groups in total. The quantitative estimate of drug-likeness (QED) is 0.168. The monoisotopic (exact) mass is 726 g/mol. The minimum atomic E-state index is -2.80. The Bertz CT molecular complexity index is 3020. The van der Waals surface area contributed by atoms with E-state index in [4.69, 9.17) is 0 Å². The largest absolute Gasteiger partial charge is 0.309 e. The molecule has 2 aliphatic rings. The molecule has 5 heteroatoms. The van der Waals surface area contributed by atoms with Crippen molar-refractivity contribution >= 4 is 96.0 Å². The van der Waals surface area contributed by atoms with Gasteiger partial charge in [-0.25, -0.2) is 0 Å². The van der Waals surface area contributed by atoms with Gasteiger partial charge in [0.25, 0.3) is 0 Å². The Morgan fingerprint density at radius 2 is 0.792 bits per heavy atom. The van der Waals surface area contributed by atoms with Gasteiger partial charge in [-0.3, -0.25) is 0 Å². The Morgan fingerprint density at radius 1 is 0.340 bits per heavy atom. The summed E-state index contributed by atoms with van der Waals surface area (Å²) >= 11 is 3.90. The maximum absolute atomic E-state index is 2.80. The molecule has 4 heterocycles. The highest BCUT2D eigenvalue weighted by molar-refractivity contribution is 8.01. The van der Waals surface area contributed by atoms with Gasteiger partial charge in [-0.05, 0) is 81.4 Å². The van der Waals surface area contributed by atoms with Crippen LogP contribution in [-0.2, 0) is 0 Å². The van der Waals surface area contributed by atoms with E-state index in [0.29, 0.717) is 0 Å². The summed E-state index contributed by atoms with van der Waals surface area (Å²) < 4.78 is 4.91. The Morgan fingerprint density at radius 3 is 1.38 bits per heavy atom. The second-order valence-electron chi connectivity index (χ2n) is 14.1. The van der Waals surface area contributed by atoms with E-state index < -0.39 is 8.07 Å². The van der Waals surface area contributed by atoms with E-state index in [1.165, 1.54) is 95.3 Å². The van der Waals surface area contributed by atoms with Crippen LogP contribution < -0.4 is 20.7 Å². The number of aromatic nitrogens is 2. The first-order valence-electron chi connectivity index (χ1n) is 18.1. The van der Waals surface area contributed by atoms with Crippen LogP contribution >= 0.6 is 23.5 Å². The third-order valence-corrected chi connectivity index (χ3v) is 19.3. The Kier molecular flexibility index (Phi) is 6.27. The van der Waals surface area contributed by atoms with E-state index in [-0.39, 0.29) is 0 Å². The third kappa shape index (κ3) is 4.02. The fraction of sp³-hybridized carbons (Fsp3) is 0. The number of nitrogens with zero attached hydrogens (tertiary/aromatic N) is 2. The predicted octanol–water partition coefficient (Wildman–Crippen LogP) is 10.2. The normalized spacial score (nSPS) is 14.0. The molecule has 10 aromatic rings. The van der Waals surface area contributed by atoms with Crippen molar-refractivity contribution in [2.24, 2.45) is 0 Å².